The topological polar surface area (TPSA) is 71.2 Å². The second kappa shape index (κ2) is 6.96. The molecule has 1 amide bonds. The van der Waals surface area contributed by atoms with Gasteiger partial charge in [-0.15, -0.1) is 0 Å². The van der Waals surface area contributed by atoms with Crippen molar-refractivity contribution in [1.82, 2.24) is 15.2 Å². The molecular formula is C13H22N4O. The standard InChI is InChI=1S/C13H22N4O/c1-10(2)17(3)9-5-8-16-13(18)12-11(14)6-4-7-15-12/h4,6-7,10H,5,8-9,14H2,1-3H3,(H,16,18). The van der Waals surface area contributed by atoms with Gasteiger partial charge in [-0.25, -0.2) is 4.98 Å². The first kappa shape index (κ1) is 14.4. The van der Waals surface area contributed by atoms with Crippen molar-refractivity contribution >= 4 is 11.6 Å². The molecule has 0 saturated carbocycles. The smallest absolute Gasteiger partial charge is 0.272 e. The van der Waals surface area contributed by atoms with E-state index in [4.69, 9.17) is 5.73 Å². The van der Waals surface area contributed by atoms with Gasteiger partial charge in [0.25, 0.3) is 5.91 Å². The van der Waals surface area contributed by atoms with Gasteiger partial charge in [0.15, 0.2) is 5.69 Å². The maximum absolute atomic E-state index is 11.8. The molecule has 0 unspecified atom stereocenters. The van der Waals surface area contributed by atoms with Crippen LogP contribution >= 0.6 is 0 Å². The summed E-state index contributed by atoms with van der Waals surface area (Å²) in [5, 5.41) is 2.83. The first-order valence-electron chi connectivity index (χ1n) is 6.21. The number of nitrogens with zero attached hydrogens (tertiary/aromatic N) is 2. The quantitative estimate of drug-likeness (QED) is 0.742. The molecule has 5 heteroatoms. The van der Waals surface area contributed by atoms with E-state index in [0.29, 0.717) is 24.0 Å². The molecule has 0 radical (unpaired) electrons. The molecule has 18 heavy (non-hydrogen) atoms. The number of nitrogen functional groups attached to an aromatic ring is 1. The molecular weight excluding hydrogens is 228 g/mol. The highest BCUT2D eigenvalue weighted by Crippen LogP contribution is 2.06. The lowest BCUT2D eigenvalue weighted by Crippen LogP contribution is -2.31. The van der Waals surface area contributed by atoms with Crippen molar-refractivity contribution < 1.29 is 4.79 Å². The zero-order valence-electron chi connectivity index (χ0n) is 11.3. The molecule has 0 aliphatic heterocycles. The third-order valence-corrected chi connectivity index (χ3v) is 2.91. The normalized spacial score (nSPS) is 10.9. The Morgan fingerprint density at radius 1 is 1.56 bits per heavy atom. The number of hydrogen-bond acceptors (Lipinski definition) is 4. The van der Waals surface area contributed by atoms with Crippen molar-refractivity contribution in [3.63, 3.8) is 0 Å². The van der Waals surface area contributed by atoms with E-state index in [9.17, 15) is 4.79 Å². The number of amides is 1. The third kappa shape index (κ3) is 4.33. The predicted molar refractivity (Wildman–Crippen MR) is 73.4 cm³/mol. The number of carbonyl (C=O) groups is 1. The summed E-state index contributed by atoms with van der Waals surface area (Å²) in [4.78, 5) is 18.0. The third-order valence-electron chi connectivity index (χ3n) is 2.91. The van der Waals surface area contributed by atoms with Crippen LogP contribution < -0.4 is 11.1 Å². The predicted octanol–water partition coefficient (Wildman–Crippen LogP) is 1.12. The average Bonchev–Trinajstić information content (AvgIpc) is 2.34. The van der Waals surface area contributed by atoms with Crippen LogP contribution in [0.15, 0.2) is 18.3 Å². The number of nitrogens with one attached hydrogen (secondary N) is 1. The Hall–Kier alpha value is -1.62. The fourth-order valence-electron chi connectivity index (χ4n) is 1.48. The zero-order valence-corrected chi connectivity index (χ0v) is 11.3. The number of pyridine rings is 1. The molecule has 0 bridgehead atoms. The minimum atomic E-state index is -0.208. The monoisotopic (exact) mass is 250 g/mol. The summed E-state index contributed by atoms with van der Waals surface area (Å²) >= 11 is 0. The van der Waals surface area contributed by atoms with E-state index in [1.165, 1.54) is 0 Å². The van der Waals surface area contributed by atoms with Gasteiger partial charge in [-0.05, 0) is 46.0 Å². The molecule has 0 aromatic carbocycles. The molecule has 3 N–H and O–H groups in total. The number of rotatable bonds is 6. The maximum atomic E-state index is 11.8. The van der Waals surface area contributed by atoms with Crippen LogP contribution in [0, 0.1) is 0 Å². The van der Waals surface area contributed by atoms with Crippen LogP contribution in [0.2, 0.25) is 0 Å². The van der Waals surface area contributed by atoms with Crippen molar-refractivity contribution in [3.8, 4) is 0 Å². The SMILES string of the molecule is CC(C)N(C)CCCNC(=O)c1ncccc1N. The van der Waals surface area contributed by atoms with Gasteiger partial charge in [-0.1, -0.05) is 0 Å². The van der Waals surface area contributed by atoms with Crippen LogP contribution in [0.4, 0.5) is 5.69 Å². The van der Waals surface area contributed by atoms with Crippen molar-refractivity contribution in [1.29, 1.82) is 0 Å². The number of carbonyl (C=O) groups excluding carboxylic acids is 1. The van der Waals surface area contributed by atoms with Crippen LogP contribution in [0.5, 0.6) is 0 Å². The Labute approximate surface area is 108 Å². The number of aromatic nitrogens is 1. The first-order valence-corrected chi connectivity index (χ1v) is 6.21. The van der Waals surface area contributed by atoms with E-state index in [-0.39, 0.29) is 5.91 Å². The number of nitrogens with two attached hydrogens (primary N) is 1. The van der Waals surface area contributed by atoms with Gasteiger partial charge < -0.3 is 16.0 Å². The van der Waals surface area contributed by atoms with Gasteiger partial charge >= 0.3 is 0 Å². The van der Waals surface area contributed by atoms with E-state index >= 15 is 0 Å². The lowest BCUT2D eigenvalue weighted by atomic mass is 10.2. The molecule has 0 aliphatic carbocycles. The summed E-state index contributed by atoms with van der Waals surface area (Å²) in [6, 6.07) is 3.91. The molecule has 5 nitrogen and oxygen atoms in total. The van der Waals surface area contributed by atoms with E-state index in [0.717, 1.165) is 13.0 Å². The van der Waals surface area contributed by atoms with Gasteiger partial charge in [0, 0.05) is 18.8 Å². The van der Waals surface area contributed by atoms with Crippen LogP contribution in [0.25, 0.3) is 0 Å². The summed E-state index contributed by atoms with van der Waals surface area (Å²) < 4.78 is 0. The first-order chi connectivity index (χ1) is 8.52. The number of anilines is 1. The molecule has 1 rings (SSSR count). The highest BCUT2D eigenvalue weighted by atomic mass is 16.1. The van der Waals surface area contributed by atoms with Crippen molar-refractivity contribution in [2.45, 2.75) is 26.3 Å². The summed E-state index contributed by atoms with van der Waals surface area (Å²) in [7, 11) is 2.07. The van der Waals surface area contributed by atoms with Crippen LogP contribution in [0.3, 0.4) is 0 Å². The second-order valence-corrected chi connectivity index (χ2v) is 4.63. The molecule has 1 aromatic rings. The van der Waals surface area contributed by atoms with Gasteiger partial charge in [-0.2, -0.15) is 0 Å². The largest absolute Gasteiger partial charge is 0.397 e. The summed E-state index contributed by atoms with van der Waals surface area (Å²) in [5.41, 5.74) is 6.39. The Morgan fingerprint density at radius 3 is 2.89 bits per heavy atom. The Balaban J connectivity index is 2.32. The van der Waals surface area contributed by atoms with Gasteiger partial charge in [0.1, 0.15) is 0 Å². The van der Waals surface area contributed by atoms with E-state index in [2.05, 4.69) is 36.1 Å². The molecule has 0 fully saturated rings. The fraction of sp³-hybridized carbons (Fsp3) is 0.538. The van der Waals surface area contributed by atoms with Gasteiger partial charge in [-0.3, -0.25) is 4.79 Å². The molecule has 1 heterocycles. The Kier molecular flexibility index (Phi) is 5.58. The summed E-state index contributed by atoms with van der Waals surface area (Å²) in [6.45, 7) is 5.88. The minimum absolute atomic E-state index is 0.208. The average molecular weight is 250 g/mol. The lowest BCUT2D eigenvalue weighted by Gasteiger charge is -2.20. The van der Waals surface area contributed by atoms with Crippen LogP contribution in [-0.4, -0.2) is 42.0 Å². The van der Waals surface area contributed by atoms with Gasteiger partial charge in [0.05, 0.1) is 5.69 Å². The molecule has 0 saturated heterocycles. The van der Waals surface area contributed by atoms with Crippen molar-refractivity contribution in [2.75, 3.05) is 25.9 Å². The minimum Gasteiger partial charge on any atom is -0.397 e. The zero-order chi connectivity index (χ0) is 13.5. The summed E-state index contributed by atoms with van der Waals surface area (Å²) in [6.07, 6.45) is 2.48. The molecule has 1 aromatic heterocycles. The fourth-order valence-corrected chi connectivity index (χ4v) is 1.48. The van der Waals surface area contributed by atoms with Crippen molar-refractivity contribution in [3.05, 3.63) is 24.0 Å². The highest BCUT2D eigenvalue weighted by molar-refractivity contribution is 5.96. The Bertz CT molecular complexity index is 392. The molecule has 0 spiro atoms. The molecule has 0 atom stereocenters. The highest BCUT2D eigenvalue weighted by Gasteiger charge is 2.10. The van der Waals surface area contributed by atoms with Gasteiger partial charge in [0.2, 0.25) is 0 Å². The lowest BCUT2D eigenvalue weighted by molar-refractivity contribution is 0.0947. The van der Waals surface area contributed by atoms with E-state index in [1.54, 1.807) is 18.3 Å². The maximum Gasteiger partial charge on any atom is 0.272 e. The van der Waals surface area contributed by atoms with Crippen LogP contribution in [0.1, 0.15) is 30.8 Å². The molecule has 0 aliphatic rings. The summed E-state index contributed by atoms with van der Waals surface area (Å²) in [5.74, 6) is -0.208. The van der Waals surface area contributed by atoms with E-state index in [1.807, 2.05) is 0 Å². The van der Waals surface area contributed by atoms with E-state index < -0.39 is 0 Å². The Morgan fingerprint density at radius 2 is 2.28 bits per heavy atom. The van der Waals surface area contributed by atoms with Crippen molar-refractivity contribution in [2.24, 2.45) is 0 Å². The second-order valence-electron chi connectivity index (χ2n) is 4.63. The molecule has 100 valence electrons. The number of hydrogen-bond donors (Lipinski definition) is 2. The van der Waals surface area contributed by atoms with Crippen LogP contribution in [-0.2, 0) is 0 Å².